The third-order valence-corrected chi connectivity index (χ3v) is 3.73. The van der Waals surface area contributed by atoms with Gasteiger partial charge in [-0.05, 0) is 38.7 Å². The average molecular weight is 264 g/mol. The van der Waals surface area contributed by atoms with Gasteiger partial charge in [-0.15, -0.1) is 0 Å². The molecule has 1 unspecified atom stereocenters. The second-order valence-corrected chi connectivity index (χ2v) is 5.11. The van der Waals surface area contributed by atoms with Crippen molar-refractivity contribution < 1.29 is 14.8 Å². The van der Waals surface area contributed by atoms with Gasteiger partial charge in [0, 0.05) is 17.3 Å². The van der Waals surface area contributed by atoms with Gasteiger partial charge in [-0.25, -0.2) is 4.79 Å². The first-order valence-corrected chi connectivity index (χ1v) is 6.12. The molecule has 0 bridgehead atoms. The molecule has 6 nitrogen and oxygen atoms in total. The molecule has 0 aliphatic heterocycles. The van der Waals surface area contributed by atoms with Crippen LogP contribution in [0.5, 0.6) is 0 Å². The van der Waals surface area contributed by atoms with Crippen molar-refractivity contribution in [3.8, 4) is 0 Å². The SMILES string of the molecule is Cc1c(NC(C)(C(=O)O)C2CC2)cccc1[N+](=O)[O-]. The van der Waals surface area contributed by atoms with Gasteiger partial charge in [-0.2, -0.15) is 0 Å². The van der Waals surface area contributed by atoms with Crippen molar-refractivity contribution in [1.82, 2.24) is 0 Å². The molecule has 1 aromatic carbocycles. The van der Waals surface area contributed by atoms with Gasteiger partial charge in [0.05, 0.1) is 4.92 Å². The van der Waals surface area contributed by atoms with Gasteiger partial charge in [0.15, 0.2) is 0 Å². The Morgan fingerprint density at radius 3 is 2.63 bits per heavy atom. The number of nitrogens with zero attached hydrogens (tertiary/aromatic N) is 1. The predicted molar refractivity (Wildman–Crippen MR) is 70.2 cm³/mol. The number of anilines is 1. The molecule has 1 aromatic rings. The van der Waals surface area contributed by atoms with E-state index in [1.165, 1.54) is 6.07 Å². The number of carboxylic acid groups (broad SMARTS) is 1. The molecule has 2 rings (SSSR count). The number of hydrogen-bond donors (Lipinski definition) is 2. The van der Waals surface area contributed by atoms with Gasteiger partial charge in [0.25, 0.3) is 5.69 Å². The quantitative estimate of drug-likeness (QED) is 0.629. The van der Waals surface area contributed by atoms with Crippen molar-refractivity contribution in [3.05, 3.63) is 33.9 Å². The summed E-state index contributed by atoms with van der Waals surface area (Å²) in [6, 6.07) is 4.64. The first-order chi connectivity index (χ1) is 8.86. The van der Waals surface area contributed by atoms with Crippen LogP contribution in [0.3, 0.4) is 0 Å². The number of nitro groups is 1. The Morgan fingerprint density at radius 2 is 2.16 bits per heavy atom. The van der Waals surface area contributed by atoms with Gasteiger partial charge in [0.1, 0.15) is 5.54 Å². The highest BCUT2D eigenvalue weighted by Gasteiger charge is 2.47. The van der Waals surface area contributed by atoms with Gasteiger partial charge in [0.2, 0.25) is 0 Å². The van der Waals surface area contributed by atoms with E-state index in [2.05, 4.69) is 5.32 Å². The van der Waals surface area contributed by atoms with Crippen molar-refractivity contribution in [2.45, 2.75) is 32.2 Å². The van der Waals surface area contributed by atoms with Crippen LogP contribution in [0.1, 0.15) is 25.3 Å². The lowest BCUT2D eigenvalue weighted by atomic mass is 9.95. The molecular weight excluding hydrogens is 248 g/mol. The molecule has 0 spiro atoms. The number of carboxylic acids is 1. The second-order valence-electron chi connectivity index (χ2n) is 5.11. The van der Waals surface area contributed by atoms with E-state index in [0.29, 0.717) is 11.3 Å². The molecule has 1 atom stereocenters. The first-order valence-electron chi connectivity index (χ1n) is 6.12. The molecule has 0 amide bonds. The third kappa shape index (κ3) is 2.38. The number of rotatable bonds is 5. The van der Waals surface area contributed by atoms with E-state index in [-0.39, 0.29) is 11.6 Å². The fraction of sp³-hybridized carbons (Fsp3) is 0.462. The molecule has 0 radical (unpaired) electrons. The first kappa shape index (κ1) is 13.3. The smallest absolute Gasteiger partial charge is 0.329 e. The monoisotopic (exact) mass is 264 g/mol. The summed E-state index contributed by atoms with van der Waals surface area (Å²) in [7, 11) is 0. The number of carbonyl (C=O) groups is 1. The van der Waals surface area contributed by atoms with E-state index in [1.54, 1.807) is 26.0 Å². The lowest BCUT2D eigenvalue weighted by molar-refractivity contribution is -0.385. The molecule has 6 heteroatoms. The molecule has 19 heavy (non-hydrogen) atoms. The number of aliphatic carboxylic acids is 1. The summed E-state index contributed by atoms with van der Waals surface area (Å²) in [5.74, 6) is -0.857. The fourth-order valence-electron chi connectivity index (χ4n) is 2.23. The Morgan fingerprint density at radius 1 is 1.53 bits per heavy atom. The van der Waals surface area contributed by atoms with Crippen molar-refractivity contribution >= 4 is 17.3 Å². The minimum Gasteiger partial charge on any atom is -0.480 e. The summed E-state index contributed by atoms with van der Waals surface area (Å²) in [6.45, 7) is 3.25. The maximum absolute atomic E-state index is 11.4. The zero-order valence-corrected chi connectivity index (χ0v) is 10.8. The zero-order chi connectivity index (χ0) is 14.2. The van der Waals surface area contributed by atoms with Gasteiger partial charge in [-0.1, -0.05) is 6.07 Å². The Bertz CT molecular complexity index is 539. The van der Waals surface area contributed by atoms with Gasteiger partial charge < -0.3 is 10.4 Å². The molecule has 1 saturated carbocycles. The Balaban J connectivity index is 2.35. The molecule has 1 aliphatic carbocycles. The van der Waals surface area contributed by atoms with Crippen molar-refractivity contribution in [1.29, 1.82) is 0 Å². The number of nitro benzene ring substituents is 1. The molecule has 1 fully saturated rings. The standard InChI is InChI=1S/C13H16N2O4/c1-8-10(4-3-5-11(8)15(18)19)14-13(2,12(16)17)9-6-7-9/h3-5,9,14H,6-7H2,1-2H3,(H,16,17). The van der Waals surface area contributed by atoms with Crippen LogP contribution in [0.15, 0.2) is 18.2 Å². The van der Waals surface area contributed by atoms with Crippen molar-refractivity contribution in [2.75, 3.05) is 5.32 Å². The predicted octanol–water partition coefficient (Wildman–Crippen LogP) is 2.57. The number of hydrogen-bond acceptors (Lipinski definition) is 4. The molecule has 1 aliphatic rings. The number of nitrogens with one attached hydrogen (secondary N) is 1. The molecule has 2 N–H and O–H groups in total. The summed E-state index contributed by atoms with van der Waals surface area (Å²) >= 11 is 0. The highest BCUT2D eigenvalue weighted by molar-refractivity contribution is 5.84. The second kappa shape index (κ2) is 4.53. The summed E-state index contributed by atoms with van der Waals surface area (Å²) in [5.41, 5.74) is -0.111. The minimum absolute atomic E-state index is 0.00599. The van der Waals surface area contributed by atoms with Crippen LogP contribution >= 0.6 is 0 Å². The highest BCUT2D eigenvalue weighted by Crippen LogP contribution is 2.42. The summed E-state index contributed by atoms with van der Waals surface area (Å²) < 4.78 is 0. The van der Waals surface area contributed by atoms with E-state index in [1.807, 2.05) is 0 Å². The van der Waals surface area contributed by atoms with Gasteiger partial charge >= 0.3 is 5.97 Å². The molecular formula is C13H16N2O4. The Labute approximate surface area is 110 Å². The van der Waals surface area contributed by atoms with Crippen LogP contribution in [0.25, 0.3) is 0 Å². The van der Waals surface area contributed by atoms with Crippen LogP contribution in [0, 0.1) is 23.0 Å². The third-order valence-electron chi connectivity index (χ3n) is 3.73. The summed E-state index contributed by atoms with van der Waals surface area (Å²) in [6.07, 6.45) is 1.73. The minimum atomic E-state index is -1.07. The lowest BCUT2D eigenvalue weighted by Crippen LogP contribution is -2.45. The van der Waals surface area contributed by atoms with Crippen molar-refractivity contribution in [2.24, 2.45) is 5.92 Å². The normalized spacial score (nSPS) is 17.6. The van der Waals surface area contributed by atoms with E-state index in [4.69, 9.17) is 0 Å². The van der Waals surface area contributed by atoms with Crippen LogP contribution in [0.2, 0.25) is 0 Å². The van der Waals surface area contributed by atoms with E-state index in [0.717, 1.165) is 12.8 Å². The fourth-order valence-corrected chi connectivity index (χ4v) is 2.23. The highest BCUT2D eigenvalue weighted by atomic mass is 16.6. The van der Waals surface area contributed by atoms with Crippen LogP contribution in [0.4, 0.5) is 11.4 Å². The maximum atomic E-state index is 11.4. The van der Waals surface area contributed by atoms with Crippen LogP contribution in [-0.4, -0.2) is 21.5 Å². The zero-order valence-electron chi connectivity index (χ0n) is 10.8. The van der Waals surface area contributed by atoms with Gasteiger partial charge in [-0.3, -0.25) is 10.1 Å². The van der Waals surface area contributed by atoms with E-state index < -0.39 is 16.4 Å². The summed E-state index contributed by atoms with van der Waals surface area (Å²) in [4.78, 5) is 21.9. The Hall–Kier alpha value is -2.11. The topological polar surface area (TPSA) is 92.5 Å². The molecule has 0 saturated heterocycles. The lowest BCUT2D eigenvalue weighted by Gasteiger charge is -2.28. The number of benzene rings is 1. The average Bonchev–Trinajstić information content (AvgIpc) is 3.15. The largest absolute Gasteiger partial charge is 0.480 e. The maximum Gasteiger partial charge on any atom is 0.329 e. The summed E-state index contributed by atoms with van der Waals surface area (Å²) in [5, 5.41) is 23.2. The molecule has 102 valence electrons. The Kier molecular flexibility index (Phi) is 3.18. The van der Waals surface area contributed by atoms with E-state index in [9.17, 15) is 20.0 Å². The van der Waals surface area contributed by atoms with Crippen LogP contribution < -0.4 is 5.32 Å². The van der Waals surface area contributed by atoms with Crippen LogP contribution in [-0.2, 0) is 4.79 Å². The molecule has 0 heterocycles. The van der Waals surface area contributed by atoms with E-state index >= 15 is 0 Å². The van der Waals surface area contributed by atoms with Crippen molar-refractivity contribution in [3.63, 3.8) is 0 Å². The molecule has 0 aromatic heterocycles.